The van der Waals surface area contributed by atoms with Gasteiger partial charge in [-0.3, -0.25) is 14.2 Å². The molecule has 35 heavy (non-hydrogen) atoms. The molecule has 0 fully saturated rings. The zero-order valence-corrected chi connectivity index (χ0v) is 20.9. The van der Waals surface area contributed by atoms with E-state index in [4.69, 9.17) is 9.40 Å². The van der Waals surface area contributed by atoms with Crippen molar-refractivity contribution in [2.24, 2.45) is 0 Å². The third-order valence-electron chi connectivity index (χ3n) is 6.00. The average Bonchev–Trinajstić information content (AvgIpc) is 3.50. The number of carbonyl (C=O) groups excluding carboxylic acids is 1. The van der Waals surface area contributed by atoms with Crippen molar-refractivity contribution >= 4 is 39.2 Å². The van der Waals surface area contributed by atoms with E-state index in [0.717, 1.165) is 47.9 Å². The predicted molar refractivity (Wildman–Crippen MR) is 139 cm³/mol. The molecule has 3 aromatic heterocycles. The van der Waals surface area contributed by atoms with E-state index in [9.17, 15) is 9.59 Å². The van der Waals surface area contributed by atoms with Crippen molar-refractivity contribution in [3.05, 3.63) is 87.2 Å². The van der Waals surface area contributed by atoms with Gasteiger partial charge in [0.05, 0.1) is 11.1 Å². The van der Waals surface area contributed by atoms with Gasteiger partial charge in [0.2, 0.25) is 5.89 Å². The van der Waals surface area contributed by atoms with E-state index in [1.54, 1.807) is 22.0 Å². The summed E-state index contributed by atoms with van der Waals surface area (Å²) >= 11 is 3.01. The predicted octanol–water partition coefficient (Wildman–Crippen LogP) is 4.78. The van der Waals surface area contributed by atoms with Crippen LogP contribution in [0.4, 0.5) is 0 Å². The minimum Gasteiger partial charge on any atom is -0.447 e. The molecule has 3 heterocycles. The van der Waals surface area contributed by atoms with Gasteiger partial charge in [0.25, 0.3) is 11.5 Å². The van der Waals surface area contributed by atoms with E-state index in [1.807, 2.05) is 30.3 Å². The molecule has 1 aromatic carbocycles. The lowest BCUT2D eigenvalue weighted by Crippen LogP contribution is -2.26. The Balaban J connectivity index is 1.28. The largest absolute Gasteiger partial charge is 0.447 e. The number of fused-ring (bicyclic) bond motifs is 3. The summed E-state index contributed by atoms with van der Waals surface area (Å²) in [7, 11) is 0. The van der Waals surface area contributed by atoms with Crippen molar-refractivity contribution in [2.75, 3.05) is 6.54 Å². The van der Waals surface area contributed by atoms with E-state index in [0.29, 0.717) is 29.9 Å². The molecule has 0 saturated heterocycles. The highest BCUT2D eigenvalue weighted by molar-refractivity contribution is 7.98. The Kier molecular flexibility index (Phi) is 7.15. The van der Waals surface area contributed by atoms with E-state index in [-0.39, 0.29) is 17.2 Å². The molecule has 180 valence electrons. The number of carbonyl (C=O) groups is 1. The van der Waals surface area contributed by atoms with Crippen LogP contribution in [0.2, 0.25) is 0 Å². The first-order valence-electron chi connectivity index (χ1n) is 11.7. The van der Waals surface area contributed by atoms with Crippen LogP contribution in [0.15, 0.2) is 63.6 Å². The van der Waals surface area contributed by atoms with Crippen molar-refractivity contribution in [3.63, 3.8) is 0 Å². The molecule has 0 atom stereocenters. The quantitative estimate of drug-likeness (QED) is 0.200. The fourth-order valence-electron chi connectivity index (χ4n) is 4.28. The summed E-state index contributed by atoms with van der Waals surface area (Å²) in [5.41, 5.74) is 2.57. The lowest BCUT2D eigenvalue weighted by atomic mass is 9.97. The average molecular weight is 507 g/mol. The number of aromatic nitrogens is 3. The Morgan fingerprint density at radius 3 is 2.89 bits per heavy atom. The highest BCUT2D eigenvalue weighted by Gasteiger charge is 2.22. The number of thioether (sulfide) groups is 1. The molecule has 1 aliphatic carbocycles. The molecule has 9 heteroatoms. The van der Waals surface area contributed by atoms with Gasteiger partial charge in [-0.15, -0.1) is 17.9 Å². The van der Waals surface area contributed by atoms with Crippen LogP contribution in [-0.4, -0.2) is 27.0 Å². The minimum atomic E-state index is -0.270. The van der Waals surface area contributed by atoms with Gasteiger partial charge >= 0.3 is 0 Å². The van der Waals surface area contributed by atoms with Crippen molar-refractivity contribution in [2.45, 2.75) is 49.6 Å². The number of oxazole rings is 1. The third-order valence-corrected chi connectivity index (χ3v) is 8.15. The van der Waals surface area contributed by atoms with Gasteiger partial charge in [-0.1, -0.05) is 48.2 Å². The molecular formula is C26H26N4O3S2. The second kappa shape index (κ2) is 10.6. The summed E-state index contributed by atoms with van der Waals surface area (Å²) in [5.74, 6) is 0.499. The van der Waals surface area contributed by atoms with Gasteiger partial charge in [0, 0.05) is 18.0 Å². The van der Waals surface area contributed by atoms with Crippen molar-refractivity contribution < 1.29 is 9.21 Å². The molecule has 1 aliphatic rings. The molecule has 7 nitrogen and oxygen atoms in total. The molecule has 0 unspecified atom stereocenters. The van der Waals surface area contributed by atoms with Crippen LogP contribution in [0, 0.1) is 0 Å². The van der Waals surface area contributed by atoms with Gasteiger partial charge in [-0.05, 0) is 43.2 Å². The number of nitrogens with one attached hydrogen (secondary N) is 1. The molecule has 1 amide bonds. The maximum absolute atomic E-state index is 13.4. The molecule has 0 spiro atoms. The standard InChI is InChI=1S/C26H26N4O3S2/c1-2-14-30-25(32)22-18-10-6-7-11-20(18)35-24(22)29-26(30)34-16-21-28-19(15-33-21)23(31)27-13-12-17-8-4-3-5-9-17/h2-5,8-9,15H,1,6-7,10-14,16H2,(H,27,31). The Bertz CT molecular complexity index is 1420. The van der Waals surface area contributed by atoms with Gasteiger partial charge < -0.3 is 9.73 Å². The van der Waals surface area contributed by atoms with Gasteiger partial charge in [0.15, 0.2) is 10.9 Å². The molecule has 5 rings (SSSR count). The number of rotatable bonds is 9. The summed E-state index contributed by atoms with van der Waals surface area (Å²) in [4.78, 5) is 37.1. The molecule has 0 aliphatic heterocycles. The highest BCUT2D eigenvalue weighted by atomic mass is 32.2. The van der Waals surface area contributed by atoms with Crippen LogP contribution >= 0.6 is 23.1 Å². The molecule has 0 radical (unpaired) electrons. The third kappa shape index (κ3) is 5.11. The normalized spacial score (nSPS) is 13.0. The number of amides is 1. The summed E-state index contributed by atoms with van der Waals surface area (Å²) in [6.07, 6.45) is 8.06. The monoisotopic (exact) mass is 506 g/mol. The van der Waals surface area contributed by atoms with Gasteiger partial charge in [0.1, 0.15) is 11.1 Å². The van der Waals surface area contributed by atoms with Crippen molar-refractivity contribution in [1.82, 2.24) is 19.9 Å². The number of aryl methyl sites for hydroxylation is 2. The first kappa shape index (κ1) is 23.6. The zero-order valence-electron chi connectivity index (χ0n) is 19.3. The zero-order chi connectivity index (χ0) is 24.2. The summed E-state index contributed by atoms with van der Waals surface area (Å²) in [6.45, 7) is 4.71. The molecule has 1 N–H and O–H groups in total. The Labute approximate surface area is 211 Å². The highest BCUT2D eigenvalue weighted by Crippen LogP contribution is 2.35. The van der Waals surface area contributed by atoms with Gasteiger partial charge in [-0.2, -0.15) is 0 Å². The van der Waals surface area contributed by atoms with Crippen molar-refractivity contribution in [1.29, 1.82) is 0 Å². The topological polar surface area (TPSA) is 90.0 Å². The first-order valence-corrected chi connectivity index (χ1v) is 13.5. The summed E-state index contributed by atoms with van der Waals surface area (Å²) < 4.78 is 7.20. The van der Waals surface area contributed by atoms with Crippen LogP contribution in [-0.2, 0) is 31.6 Å². The smallest absolute Gasteiger partial charge is 0.273 e. The Hall–Kier alpha value is -3.17. The van der Waals surface area contributed by atoms with Crippen LogP contribution in [0.3, 0.4) is 0 Å². The second-order valence-electron chi connectivity index (χ2n) is 8.40. The molecular weight excluding hydrogens is 480 g/mol. The van der Waals surface area contributed by atoms with E-state index < -0.39 is 0 Å². The maximum Gasteiger partial charge on any atom is 0.273 e. The number of nitrogens with zero attached hydrogens (tertiary/aromatic N) is 3. The molecule has 0 bridgehead atoms. The van der Waals surface area contributed by atoms with E-state index in [2.05, 4.69) is 16.9 Å². The number of allylic oxidation sites excluding steroid dienone is 1. The van der Waals surface area contributed by atoms with Crippen LogP contribution in [0.25, 0.3) is 10.2 Å². The first-order chi connectivity index (χ1) is 17.1. The van der Waals surface area contributed by atoms with E-state index >= 15 is 0 Å². The summed E-state index contributed by atoms with van der Waals surface area (Å²) in [5, 5.41) is 4.25. The number of benzene rings is 1. The van der Waals surface area contributed by atoms with Crippen LogP contribution < -0.4 is 10.9 Å². The fourth-order valence-corrected chi connectivity index (χ4v) is 6.45. The lowest BCUT2D eigenvalue weighted by molar-refractivity contribution is 0.0949. The minimum absolute atomic E-state index is 0.0114. The SMILES string of the molecule is C=CCn1c(SCc2nc(C(=O)NCCc3ccccc3)co2)nc2sc3c(c2c1=O)CCCC3. The fraction of sp³-hybridized carbons (Fsp3) is 0.308. The number of hydrogen-bond donors (Lipinski definition) is 1. The second-order valence-corrected chi connectivity index (χ2v) is 10.4. The van der Waals surface area contributed by atoms with E-state index in [1.165, 1.54) is 28.5 Å². The maximum atomic E-state index is 13.4. The molecule has 4 aromatic rings. The number of thiophene rings is 1. The molecule has 0 saturated carbocycles. The summed E-state index contributed by atoms with van der Waals surface area (Å²) in [6, 6.07) is 9.98. The Morgan fingerprint density at radius 1 is 1.23 bits per heavy atom. The number of hydrogen-bond acceptors (Lipinski definition) is 7. The Morgan fingerprint density at radius 2 is 2.06 bits per heavy atom. The van der Waals surface area contributed by atoms with Gasteiger partial charge in [-0.25, -0.2) is 9.97 Å². The van der Waals surface area contributed by atoms with Crippen LogP contribution in [0.1, 0.15) is 45.2 Å². The van der Waals surface area contributed by atoms with Crippen molar-refractivity contribution in [3.8, 4) is 0 Å². The van der Waals surface area contributed by atoms with Crippen LogP contribution in [0.5, 0.6) is 0 Å². The lowest BCUT2D eigenvalue weighted by Gasteiger charge is -2.12.